The van der Waals surface area contributed by atoms with Gasteiger partial charge in [-0.1, -0.05) is 23.5 Å². The summed E-state index contributed by atoms with van der Waals surface area (Å²) in [5.74, 6) is -0.326. The minimum atomic E-state index is -0.326. The molecule has 0 aliphatic heterocycles. The lowest BCUT2D eigenvalue weighted by molar-refractivity contribution is 0.0467. The molecule has 1 aromatic carbocycles. The molecule has 0 spiro atoms. The van der Waals surface area contributed by atoms with Crippen LogP contribution in [-0.4, -0.2) is 15.4 Å². The number of aromatic nitrogens is 2. The number of fused-ring (bicyclic) bond motifs is 4. The van der Waals surface area contributed by atoms with E-state index in [0.717, 1.165) is 35.0 Å². The van der Waals surface area contributed by atoms with Crippen LogP contribution in [0.4, 0.5) is 0 Å². The second-order valence-corrected chi connectivity index (χ2v) is 8.58. The van der Waals surface area contributed by atoms with Gasteiger partial charge >= 0.3 is 5.97 Å². The zero-order valence-corrected chi connectivity index (χ0v) is 16.1. The number of esters is 1. The SMILES string of the molecule is O=C(OCc1cc(=O)n2c(n1)sc1ccccc12)c1csc2c1CCCC2. The topological polar surface area (TPSA) is 60.7 Å². The summed E-state index contributed by atoms with van der Waals surface area (Å²) in [5, 5.41) is 1.90. The molecule has 5 nitrogen and oxygen atoms in total. The third-order valence-electron chi connectivity index (χ3n) is 4.88. The number of benzene rings is 1. The van der Waals surface area contributed by atoms with E-state index in [1.54, 1.807) is 15.7 Å². The number of thiazole rings is 1. The maximum absolute atomic E-state index is 12.5. The molecule has 1 aliphatic rings. The average molecular weight is 396 g/mol. The summed E-state index contributed by atoms with van der Waals surface area (Å²) in [6, 6.07) is 9.16. The van der Waals surface area contributed by atoms with Crippen LogP contribution in [-0.2, 0) is 24.2 Å². The first kappa shape index (κ1) is 16.6. The van der Waals surface area contributed by atoms with Crippen molar-refractivity contribution in [2.24, 2.45) is 0 Å². The minimum absolute atomic E-state index is 0.00341. The van der Waals surface area contributed by atoms with Gasteiger partial charge in [0.15, 0.2) is 4.96 Å². The van der Waals surface area contributed by atoms with Gasteiger partial charge in [0, 0.05) is 16.3 Å². The Bertz CT molecular complexity index is 1240. The molecule has 0 radical (unpaired) electrons. The minimum Gasteiger partial charge on any atom is -0.456 e. The lowest BCUT2D eigenvalue weighted by atomic mass is 9.96. The van der Waals surface area contributed by atoms with E-state index < -0.39 is 0 Å². The van der Waals surface area contributed by atoms with Gasteiger partial charge in [0.05, 0.1) is 21.5 Å². The Morgan fingerprint density at radius 1 is 1.22 bits per heavy atom. The van der Waals surface area contributed by atoms with Crippen LogP contribution in [0.5, 0.6) is 0 Å². The molecule has 5 rings (SSSR count). The first-order chi connectivity index (χ1) is 13.2. The predicted octanol–water partition coefficient (Wildman–Crippen LogP) is 4.21. The molecular formula is C20H16N2O3S2. The standard InChI is InChI=1S/C20H16N2O3S2/c23-18-9-12(21-20-22(18)15-6-2-4-8-17(15)27-20)10-25-19(24)14-11-26-16-7-3-1-5-13(14)16/h2,4,6,8-9,11H,1,3,5,7,10H2. The Hall–Kier alpha value is -2.51. The number of ether oxygens (including phenoxy) is 1. The molecule has 3 aromatic heterocycles. The van der Waals surface area contributed by atoms with E-state index >= 15 is 0 Å². The zero-order chi connectivity index (χ0) is 18.4. The van der Waals surface area contributed by atoms with Crippen molar-refractivity contribution in [3.8, 4) is 0 Å². The van der Waals surface area contributed by atoms with Gasteiger partial charge in [0.1, 0.15) is 6.61 Å². The van der Waals surface area contributed by atoms with Crippen LogP contribution in [0, 0.1) is 0 Å². The first-order valence-electron chi connectivity index (χ1n) is 8.87. The monoisotopic (exact) mass is 396 g/mol. The third kappa shape index (κ3) is 2.87. The van der Waals surface area contributed by atoms with Crippen molar-refractivity contribution in [3.05, 3.63) is 67.8 Å². The molecule has 1 aliphatic carbocycles. The lowest BCUT2D eigenvalue weighted by Crippen LogP contribution is -2.15. The summed E-state index contributed by atoms with van der Waals surface area (Å²) in [5.41, 5.74) is 2.99. The third-order valence-corrected chi connectivity index (χ3v) is 6.99. The summed E-state index contributed by atoms with van der Waals surface area (Å²) in [6.45, 7) is 0.00341. The van der Waals surface area contributed by atoms with Gasteiger partial charge in [-0.3, -0.25) is 9.20 Å². The summed E-state index contributed by atoms with van der Waals surface area (Å²) >= 11 is 3.09. The van der Waals surface area contributed by atoms with Crippen LogP contribution in [0.1, 0.15) is 39.3 Å². The second kappa shape index (κ2) is 6.58. The Morgan fingerprint density at radius 3 is 3.00 bits per heavy atom. The molecule has 0 amide bonds. The first-order valence-corrected chi connectivity index (χ1v) is 10.6. The lowest BCUT2D eigenvalue weighted by Gasteiger charge is -2.12. The molecule has 4 aromatic rings. The molecule has 0 bridgehead atoms. The second-order valence-electron chi connectivity index (χ2n) is 6.61. The number of hydrogen-bond acceptors (Lipinski definition) is 6. The summed E-state index contributed by atoms with van der Waals surface area (Å²) in [4.78, 5) is 31.5. The fraction of sp³-hybridized carbons (Fsp3) is 0.250. The molecular weight excluding hydrogens is 380 g/mol. The van der Waals surface area contributed by atoms with E-state index in [4.69, 9.17) is 4.74 Å². The largest absolute Gasteiger partial charge is 0.456 e. The van der Waals surface area contributed by atoms with Gasteiger partial charge < -0.3 is 4.74 Å². The van der Waals surface area contributed by atoms with E-state index in [1.807, 2.05) is 29.6 Å². The van der Waals surface area contributed by atoms with Gasteiger partial charge in [-0.2, -0.15) is 0 Å². The normalized spacial score (nSPS) is 13.8. The van der Waals surface area contributed by atoms with Crippen LogP contribution >= 0.6 is 22.7 Å². The highest BCUT2D eigenvalue weighted by atomic mass is 32.1. The van der Waals surface area contributed by atoms with Crippen molar-refractivity contribution in [1.82, 2.24) is 9.38 Å². The molecule has 27 heavy (non-hydrogen) atoms. The van der Waals surface area contributed by atoms with Crippen molar-refractivity contribution in [2.75, 3.05) is 0 Å². The predicted molar refractivity (Wildman–Crippen MR) is 107 cm³/mol. The van der Waals surface area contributed by atoms with Gasteiger partial charge in [-0.05, 0) is 43.4 Å². The highest BCUT2D eigenvalue weighted by Gasteiger charge is 2.21. The molecule has 136 valence electrons. The number of carbonyl (C=O) groups excluding carboxylic acids is 1. The van der Waals surface area contributed by atoms with E-state index in [2.05, 4.69) is 4.98 Å². The van der Waals surface area contributed by atoms with E-state index in [9.17, 15) is 9.59 Å². The fourth-order valence-electron chi connectivity index (χ4n) is 3.58. The van der Waals surface area contributed by atoms with Crippen LogP contribution in [0.15, 0.2) is 40.5 Å². The highest BCUT2D eigenvalue weighted by molar-refractivity contribution is 7.23. The number of thiophene rings is 1. The summed E-state index contributed by atoms with van der Waals surface area (Å²) < 4.78 is 8.08. The summed E-state index contributed by atoms with van der Waals surface area (Å²) in [7, 11) is 0. The van der Waals surface area contributed by atoms with E-state index in [0.29, 0.717) is 16.2 Å². The average Bonchev–Trinajstić information content (AvgIpc) is 3.27. The van der Waals surface area contributed by atoms with Gasteiger partial charge in [-0.25, -0.2) is 9.78 Å². The van der Waals surface area contributed by atoms with Crippen molar-refractivity contribution in [1.29, 1.82) is 0 Å². The maximum Gasteiger partial charge on any atom is 0.339 e. The van der Waals surface area contributed by atoms with Gasteiger partial charge in [0.25, 0.3) is 5.56 Å². The molecule has 0 N–H and O–H groups in total. The summed E-state index contributed by atoms with van der Waals surface area (Å²) in [6.07, 6.45) is 4.29. The van der Waals surface area contributed by atoms with Crippen molar-refractivity contribution in [3.63, 3.8) is 0 Å². The van der Waals surface area contributed by atoms with Gasteiger partial charge in [0.2, 0.25) is 0 Å². The highest BCUT2D eigenvalue weighted by Crippen LogP contribution is 2.30. The Balaban J connectivity index is 1.42. The number of hydrogen-bond donors (Lipinski definition) is 0. The molecule has 0 saturated heterocycles. The maximum atomic E-state index is 12.5. The number of carbonyl (C=O) groups is 1. The van der Waals surface area contributed by atoms with Crippen molar-refractivity contribution < 1.29 is 9.53 Å². The zero-order valence-electron chi connectivity index (χ0n) is 14.4. The quantitative estimate of drug-likeness (QED) is 0.487. The smallest absolute Gasteiger partial charge is 0.339 e. The number of para-hydroxylation sites is 1. The number of rotatable bonds is 3. The van der Waals surface area contributed by atoms with Gasteiger partial charge in [-0.15, -0.1) is 11.3 Å². The molecule has 0 fully saturated rings. The number of aryl methyl sites for hydroxylation is 1. The molecule has 7 heteroatoms. The van der Waals surface area contributed by atoms with E-state index in [1.165, 1.54) is 28.7 Å². The fourth-order valence-corrected chi connectivity index (χ4v) is 5.74. The molecule has 0 unspecified atom stereocenters. The van der Waals surface area contributed by atoms with Crippen LogP contribution in [0.2, 0.25) is 0 Å². The van der Waals surface area contributed by atoms with Crippen molar-refractivity contribution >= 4 is 43.8 Å². The Morgan fingerprint density at radius 2 is 2.07 bits per heavy atom. The molecule has 3 heterocycles. The Kier molecular flexibility index (Phi) is 4.06. The van der Waals surface area contributed by atoms with Crippen molar-refractivity contribution in [2.45, 2.75) is 32.3 Å². The van der Waals surface area contributed by atoms with Crippen LogP contribution < -0.4 is 5.56 Å². The van der Waals surface area contributed by atoms with Crippen LogP contribution in [0.3, 0.4) is 0 Å². The van der Waals surface area contributed by atoms with Crippen LogP contribution in [0.25, 0.3) is 15.2 Å². The van der Waals surface area contributed by atoms with E-state index in [-0.39, 0.29) is 18.1 Å². The molecule has 0 saturated carbocycles. The molecule has 0 atom stereocenters. The Labute approximate surface area is 162 Å². The number of nitrogens with zero attached hydrogens (tertiary/aromatic N) is 2.